The second kappa shape index (κ2) is 18.6. The van der Waals surface area contributed by atoms with Gasteiger partial charge in [0.05, 0.1) is 34.9 Å². The summed E-state index contributed by atoms with van der Waals surface area (Å²) in [5.41, 5.74) is 4.07. The minimum absolute atomic E-state index is 0.181. The van der Waals surface area contributed by atoms with Gasteiger partial charge in [0.15, 0.2) is 11.4 Å². The summed E-state index contributed by atoms with van der Waals surface area (Å²) in [6.07, 6.45) is 4.19. The lowest BCUT2D eigenvalue weighted by molar-refractivity contribution is 0.0930. The standard InChI is InChI=1S/C37H38N10O6S2/c1-3-53-37-24(8-4-10-42-37)32(48)38-11-6-13-41-35(51)29-19-27(45-47-29)31-17-23(21-55-31)22-16-25(36(52-2)43-20-22)33(49)39-12-7-14-40-34(50)28-18-26(44-46-28)30-9-5-15-54-30/h4-5,8-10,15-21H,3,6-7,11-14H2,1-2H3,(H,38,48)(H,39,49)(H,40,50)(H,41,51)(H,44,46)(H,45,47). The molecule has 0 aliphatic carbocycles. The predicted molar refractivity (Wildman–Crippen MR) is 208 cm³/mol. The van der Waals surface area contributed by atoms with E-state index in [0.717, 1.165) is 21.0 Å². The first kappa shape index (κ1) is 38.3. The highest BCUT2D eigenvalue weighted by Crippen LogP contribution is 2.33. The smallest absolute Gasteiger partial charge is 0.271 e. The lowest BCUT2D eigenvalue weighted by Crippen LogP contribution is -2.30. The molecule has 4 amide bonds. The second-order valence-corrected chi connectivity index (χ2v) is 13.7. The number of aromatic amines is 2. The minimum Gasteiger partial charge on any atom is -0.480 e. The monoisotopic (exact) mass is 782 g/mol. The van der Waals surface area contributed by atoms with Crippen LogP contribution in [0.4, 0.5) is 0 Å². The van der Waals surface area contributed by atoms with Crippen LogP contribution >= 0.6 is 22.7 Å². The Labute approximate surface area is 323 Å². The third-order valence-corrected chi connectivity index (χ3v) is 9.91. The van der Waals surface area contributed by atoms with Crippen LogP contribution < -0.4 is 30.7 Å². The van der Waals surface area contributed by atoms with Crippen molar-refractivity contribution in [3.63, 3.8) is 0 Å². The number of thiophene rings is 2. The van der Waals surface area contributed by atoms with E-state index >= 15 is 0 Å². The number of H-pyrrole nitrogens is 2. The number of hydrogen-bond acceptors (Lipinski definition) is 12. The molecule has 6 rings (SSSR count). The van der Waals surface area contributed by atoms with E-state index in [0.29, 0.717) is 68.1 Å². The molecule has 18 heteroatoms. The molecule has 0 saturated carbocycles. The van der Waals surface area contributed by atoms with Gasteiger partial charge in [-0.05, 0) is 78.6 Å². The predicted octanol–water partition coefficient (Wildman–Crippen LogP) is 4.55. The van der Waals surface area contributed by atoms with Gasteiger partial charge in [0.25, 0.3) is 23.6 Å². The average Bonchev–Trinajstić information content (AvgIpc) is 4.05. The molecular formula is C37H38N10O6S2. The zero-order valence-corrected chi connectivity index (χ0v) is 31.6. The highest BCUT2D eigenvalue weighted by atomic mass is 32.1. The van der Waals surface area contributed by atoms with Gasteiger partial charge in [0.2, 0.25) is 11.8 Å². The molecule has 55 heavy (non-hydrogen) atoms. The van der Waals surface area contributed by atoms with Gasteiger partial charge in [-0.3, -0.25) is 29.4 Å². The first-order chi connectivity index (χ1) is 26.8. The molecule has 6 N–H and O–H groups in total. The molecule has 284 valence electrons. The highest BCUT2D eigenvalue weighted by Gasteiger charge is 2.18. The fraction of sp³-hybridized carbons (Fsp3) is 0.243. The van der Waals surface area contributed by atoms with Crippen LogP contribution in [-0.2, 0) is 0 Å². The SMILES string of the molecule is CCOc1ncccc1C(=O)NCCCNC(=O)c1cc(-c2cc(-c3cnc(OC)c(C(=O)NCCCNC(=O)c4cc(-c5cccs5)[nH]n4)c3)cs2)[nH]n1. The van der Waals surface area contributed by atoms with Crippen molar-refractivity contribution in [2.45, 2.75) is 19.8 Å². The number of pyridine rings is 2. The molecule has 16 nitrogen and oxygen atoms in total. The summed E-state index contributed by atoms with van der Waals surface area (Å²) in [7, 11) is 1.45. The van der Waals surface area contributed by atoms with E-state index in [4.69, 9.17) is 9.47 Å². The Kier molecular flexibility index (Phi) is 12.9. The third kappa shape index (κ3) is 9.78. The number of carbonyl (C=O) groups is 4. The first-order valence-corrected chi connectivity index (χ1v) is 19.1. The van der Waals surface area contributed by atoms with Crippen LogP contribution in [0.15, 0.2) is 71.7 Å². The van der Waals surface area contributed by atoms with Gasteiger partial charge < -0.3 is 30.7 Å². The van der Waals surface area contributed by atoms with Gasteiger partial charge in [-0.1, -0.05) is 6.07 Å². The number of hydrogen-bond donors (Lipinski definition) is 6. The van der Waals surface area contributed by atoms with E-state index in [1.807, 2.05) is 35.9 Å². The first-order valence-electron chi connectivity index (χ1n) is 17.3. The zero-order valence-electron chi connectivity index (χ0n) is 29.9. The van der Waals surface area contributed by atoms with Crippen molar-refractivity contribution in [3.8, 4) is 44.0 Å². The number of carbonyl (C=O) groups excluding carboxylic acids is 4. The Hall–Kier alpha value is -6.40. The van der Waals surface area contributed by atoms with Crippen LogP contribution in [0.2, 0.25) is 0 Å². The number of nitrogens with one attached hydrogen (secondary N) is 6. The van der Waals surface area contributed by atoms with Gasteiger partial charge in [-0.15, -0.1) is 22.7 Å². The fourth-order valence-electron chi connectivity index (χ4n) is 5.30. The minimum atomic E-state index is -0.364. The summed E-state index contributed by atoms with van der Waals surface area (Å²) in [4.78, 5) is 61.2. The molecule has 0 spiro atoms. The van der Waals surface area contributed by atoms with Gasteiger partial charge >= 0.3 is 0 Å². The number of aromatic nitrogens is 6. The number of rotatable bonds is 18. The fourth-order valence-corrected chi connectivity index (χ4v) is 6.87. The molecule has 6 aromatic rings. The van der Waals surface area contributed by atoms with Gasteiger partial charge in [-0.2, -0.15) is 10.2 Å². The van der Waals surface area contributed by atoms with Crippen molar-refractivity contribution in [2.24, 2.45) is 0 Å². The van der Waals surface area contributed by atoms with E-state index in [2.05, 4.69) is 51.6 Å². The normalized spacial score (nSPS) is 10.8. The van der Waals surface area contributed by atoms with E-state index in [1.54, 1.807) is 54.1 Å². The summed E-state index contributed by atoms with van der Waals surface area (Å²) in [6, 6.07) is 14.2. The Morgan fingerprint density at radius 3 is 1.95 bits per heavy atom. The van der Waals surface area contributed by atoms with Crippen LogP contribution in [0.1, 0.15) is 61.5 Å². The molecular weight excluding hydrogens is 745 g/mol. The van der Waals surface area contributed by atoms with Crippen LogP contribution in [0.25, 0.3) is 32.3 Å². The van der Waals surface area contributed by atoms with E-state index < -0.39 is 0 Å². The van der Waals surface area contributed by atoms with Gasteiger partial charge in [0.1, 0.15) is 11.1 Å². The van der Waals surface area contributed by atoms with E-state index in [-0.39, 0.29) is 46.6 Å². The summed E-state index contributed by atoms with van der Waals surface area (Å²) in [6.45, 7) is 3.54. The van der Waals surface area contributed by atoms with Crippen molar-refractivity contribution < 1.29 is 28.7 Å². The molecule has 0 fully saturated rings. The van der Waals surface area contributed by atoms with E-state index in [9.17, 15) is 19.2 Å². The number of amides is 4. The molecule has 0 bridgehead atoms. The Balaban J connectivity index is 0.961. The van der Waals surface area contributed by atoms with Crippen molar-refractivity contribution >= 4 is 46.3 Å². The zero-order chi connectivity index (χ0) is 38.6. The Morgan fingerprint density at radius 1 is 0.691 bits per heavy atom. The maximum atomic E-state index is 13.2. The van der Waals surface area contributed by atoms with Crippen molar-refractivity contribution in [1.82, 2.24) is 51.6 Å². The summed E-state index contributed by atoms with van der Waals surface area (Å²) in [5.74, 6) is -0.861. The maximum Gasteiger partial charge on any atom is 0.271 e. The lowest BCUT2D eigenvalue weighted by atomic mass is 10.1. The summed E-state index contributed by atoms with van der Waals surface area (Å²) >= 11 is 2.99. The third-order valence-electron chi connectivity index (χ3n) is 8.04. The topological polar surface area (TPSA) is 218 Å². The van der Waals surface area contributed by atoms with Crippen molar-refractivity contribution in [3.05, 3.63) is 94.2 Å². The van der Waals surface area contributed by atoms with E-state index in [1.165, 1.54) is 18.4 Å². The maximum absolute atomic E-state index is 13.2. The molecule has 0 saturated heterocycles. The van der Waals surface area contributed by atoms with Crippen molar-refractivity contribution in [2.75, 3.05) is 39.9 Å². The lowest BCUT2D eigenvalue weighted by Gasteiger charge is -2.10. The number of ether oxygens (including phenoxy) is 2. The Bertz CT molecular complexity index is 2250. The molecule has 0 unspecified atom stereocenters. The van der Waals surface area contributed by atoms with Crippen molar-refractivity contribution in [1.29, 1.82) is 0 Å². The van der Waals surface area contributed by atoms with Gasteiger partial charge in [0, 0.05) is 44.1 Å². The number of nitrogens with zero attached hydrogens (tertiary/aromatic N) is 4. The molecule has 0 aliphatic heterocycles. The van der Waals surface area contributed by atoms with Gasteiger partial charge in [-0.25, -0.2) is 9.97 Å². The molecule has 0 aliphatic rings. The van der Waals surface area contributed by atoms with Crippen LogP contribution in [0.3, 0.4) is 0 Å². The molecule has 0 radical (unpaired) electrons. The summed E-state index contributed by atoms with van der Waals surface area (Å²) in [5, 5.41) is 29.3. The highest BCUT2D eigenvalue weighted by molar-refractivity contribution is 7.14. The second-order valence-electron chi connectivity index (χ2n) is 11.8. The molecule has 6 aromatic heterocycles. The largest absolute Gasteiger partial charge is 0.480 e. The average molecular weight is 783 g/mol. The van der Waals surface area contributed by atoms with Crippen LogP contribution in [-0.4, -0.2) is 93.9 Å². The van der Waals surface area contributed by atoms with Crippen LogP contribution in [0.5, 0.6) is 11.8 Å². The molecule has 6 heterocycles. The molecule has 0 aromatic carbocycles. The Morgan fingerprint density at radius 2 is 1.33 bits per heavy atom. The molecule has 0 atom stereocenters. The number of methoxy groups -OCH3 is 1. The quantitative estimate of drug-likeness (QED) is 0.0669. The summed E-state index contributed by atoms with van der Waals surface area (Å²) < 4.78 is 10.8. The van der Waals surface area contributed by atoms with Crippen LogP contribution in [0, 0.1) is 0 Å².